The van der Waals surface area contributed by atoms with Gasteiger partial charge in [-0.05, 0) is 37.8 Å². The van der Waals surface area contributed by atoms with E-state index in [4.69, 9.17) is 4.52 Å². The smallest absolute Gasteiger partial charge is 0.226 e. The summed E-state index contributed by atoms with van der Waals surface area (Å²) in [6.07, 6.45) is 4.99. The molecule has 2 rings (SSSR count). The van der Waals surface area contributed by atoms with Crippen LogP contribution in [-0.2, 0) is 6.42 Å². The van der Waals surface area contributed by atoms with Crippen molar-refractivity contribution in [3.05, 3.63) is 12.2 Å². The standard InChI is InChI=1S/C10H17N3O/c1-8(5-10-12-7-13-14-10)9-3-2-4-11-6-9/h7-9,11H,2-6H2,1H3. The van der Waals surface area contributed by atoms with Gasteiger partial charge in [-0.15, -0.1) is 0 Å². The molecule has 1 fully saturated rings. The fourth-order valence-corrected chi connectivity index (χ4v) is 2.09. The molecule has 0 radical (unpaired) electrons. The summed E-state index contributed by atoms with van der Waals surface area (Å²) in [6, 6.07) is 0. The zero-order valence-corrected chi connectivity index (χ0v) is 8.57. The Morgan fingerprint density at radius 2 is 2.64 bits per heavy atom. The second kappa shape index (κ2) is 4.55. The Balaban J connectivity index is 1.85. The van der Waals surface area contributed by atoms with Gasteiger partial charge in [-0.25, -0.2) is 0 Å². The highest BCUT2D eigenvalue weighted by Gasteiger charge is 2.21. The van der Waals surface area contributed by atoms with Crippen LogP contribution in [-0.4, -0.2) is 23.2 Å². The van der Waals surface area contributed by atoms with E-state index in [0.29, 0.717) is 5.92 Å². The zero-order valence-electron chi connectivity index (χ0n) is 8.57. The molecule has 0 saturated carbocycles. The molecule has 14 heavy (non-hydrogen) atoms. The van der Waals surface area contributed by atoms with Gasteiger partial charge < -0.3 is 9.84 Å². The third-order valence-electron chi connectivity index (χ3n) is 3.04. The Labute approximate surface area is 84.1 Å². The molecule has 2 heterocycles. The van der Waals surface area contributed by atoms with Crippen LogP contribution in [0, 0.1) is 11.8 Å². The van der Waals surface area contributed by atoms with E-state index < -0.39 is 0 Å². The van der Waals surface area contributed by atoms with E-state index in [1.807, 2.05) is 0 Å². The van der Waals surface area contributed by atoms with E-state index in [0.717, 1.165) is 24.8 Å². The minimum atomic E-state index is 0.628. The molecular formula is C10H17N3O. The van der Waals surface area contributed by atoms with E-state index >= 15 is 0 Å². The molecule has 1 aliphatic heterocycles. The minimum absolute atomic E-state index is 0.628. The predicted molar refractivity (Wildman–Crippen MR) is 52.8 cm³/mol. The molecule has 2 unspecified atom stereocenters. The lowest BCUT2D eigenvalue weighted by atomic mass is 9.85. The van der Waals surface area contributed by atoms with E-state index in [1.165, 1.54) is 25.7 Å². The third-order valence-corrected chi connectivity index (χ3v) is 3.04. The predicted octanol–water partition coefficient (Wildman–Crippen LogP) is 1.25. The quantitative estimate of drug-likeness (QED) is 0.788. The molecule has 0 aromatic carbocycles. The maximum Gasteiger partial charge on any atom is 0.226 e. The first-order valence-corrected chi connectivity index (χ1v) is 5.32. The number of rotatable bonds is 3. The summed E-state index contributed by atoms with van der Waals surface area (Å²) < 4.78 is 5.01. The molecule has 0 amide bonds. The van der Waals surface area contributed by atoms with Crippen molar-refractivity contribution in [2.75, 3.05) is 13.1 Å². The molecule has 78 valence electrons. The van der Waals surface area contributed by atoms with E-state index in [2.05, 4.69) is 22.4 Å². The van der Waals surface area contributed by atoms with Crippen molar-refractivity contribution in [1.29, 1.82) is 0 Å². The summed E-state index contributed by atoms with van der Waals surface area (Å²) in [6.45, 7) is 4.57. The van der Waals surface area contributed by atoms with Gasteiger partial charge in [-0.1, -0.05) is 12.1 Å². The summed E-state index contributed by atoms with van der Waals surface area (Å²) in [7, 11) is 0. The van der Waals surface area contributed by atoms with Gasteiger partial charge in [0.2, 0.25) is 5.89 Å². The third kappa shape index (κ3) is 2.32. The molecule has 1 aliphatic rings. The lowest BCUT2D eigenvalue weighted by molar-refractivity contribution is 0.257. The van der Waals surface area contributed by atoms with Crippen LogP contribution in [0.5, 0.6) is 0 Å². The zero-order chi connectivity index (χ0) is 9.80. The minimum Gasteiger partial charge on any atom is -0.340 e. The van der Waals surface area contributed by atoms with Crippen LogP contribution in [0.4, 0.5) is 0 Å². The maximum absolute atomic E-state index is 5.01. The van der Waals surface area contributed by atoms with E-state index in [9.17, 15) is 0 Å². The molecule has 1 aromatic heterocycles. The van der Waals surface area contributed by atoms with Crippen LogP contribution in [0.1, 0.15) is 25.7 Å². The molecule has 0 aliphatic carbocycles. The first-order chi connectivity index (χ1) is 6.86. The fourth-order valence-electron chi connectivity index (χ4n) is 2.09. The summed E-state index contributed by atoms with van der Waals surface area (Å²) >= 11 is 0. The maximum atomic E-state index is 5.01. The average molecular weight is 195 g/mol. The number of hydrogen-bond donors (Lipinski definition) is 1. The van der Waals surface area contributed by atoms with Gasteiger partial charge in [0.05, 0.1) is 0 Å². The Morgan fingerprint density at radius 3 is 3.29 bits per heavy atom. The van der Waals surface area contributed by atoms with Crippen molar-refractivity contribution < 1.29 is 4.52 Å². The van der Waals surface area contributed by atoms with Crippen molar-refractivity contribution >= 4 is 0 Å². The van der Waals surface area contributed by atoms with E-state index in [1.54, 1.807) is 0 Å². The summed E-state index contributed by atoms with van der Waals surface area (Å²) in [5.41, 5.74) is 0. The van der Waals surface area contributed by atoms with Crippen molar-refractivity contribution in [3.63, 3.8) is 0 Å². The van der Waals surface area contributed by atoms with Crippen molar-refractivity contribution in [2.24, 2.45) is 11.8 Å². The number of nitrogens with one attached hydrogen (secondary N) is 1. The van der Waals surface area contributed by atoms with Gasteiger partial charge >= 0.3 is 0 Å². The monoisotopic (exact) mass is 195 g/mol. The van der Waals surface area contributed by atoms with Crippen molar-refractivity contribution in [2.45, 2.75) is 26.2 Å². The van der Waals surface area contributed by atoms with Crippen molar-refractivity contribution in [1.82, 2.24) is 15.5 Å². The molecule has 1 saturated heterocycles. The number of hydrogen-bond acceptors (Lipinski definition) is 4. The summed E-state index contributed by atoms with van der Waals surface area (Å²) in [5, 5.41) is 7.05. The fraction of sp³-hybridized carbons (Fsp3) is 0.800. The van der Waals surface area contributed by atoms with Gasteiger partial charge in [0.25, 0.3) is 0 Å². The number of aromatic nitrogens is 2. The molecule has 4 nitrogen and oxygen atoms in total. The van der Waals surface area contributed by atoms with Gasteiger partial charge in [0, 0.05) is 6.42 Å². The Morgan fingerprint density at radius 1 is 1.71 bits per heavy atom. The molecule has 4 heteroatoms. The van der Waals surface area contributed by atoms with Gasteiger partial charge in [-0.2, -0.15) is 4.98 Å². The summed E-state index contributed by atoms with van der Waals surface area (Å²) in [5.74, 6) is 2.15. The molecule has 0 spiro atoms. The number of nitrogens with zero attached hydrogens (tertiary/aromatic N) is 2. The van der Waals surface area contributed by atoms with Crippen molar-refractivity contribution in [3.8, 4) is 0 Å². The first-order valence-electron chi connectivity index (χ1n) is 5.32. The molecule has 1 aromatic rings. The lowest BCUT2D eigenvalue weighted by Gasteiger charge is -2.27. The molecule has 2 atom stereocenters. The van der Waals surface area contributed by atoms with Crippen LogP contribution in [0.15, 0.2) is 10.9 Å². The second-order valence-electron chi connectivity index (χ2n) is 4.12. The topological polar surface area (TPSA) is 51.0 Å². The number of piperidine rings is 1. The highest BCUT2D eigenvalue weighted by atomic mass is 16.5. The SMILES string of the molecule is CC(Cc1ncno1)C1CCCNC1. The Kier molecular flexibility index (Phi) is 3.14. The van der Waals surface area contributed by atoms with Crippen LogP contribution < -0.4 is 5.32 Å². The largest absolute Gasteiger partial charge is 0.340 e. The Hall–Kier alpha value is -0.900. The molecule has 1 N–H and O–H groups in total. The lowest BCUT2D eigenvalue weighted by Crippen LogP contribution is -2.33. The highest BCUT2D eigenvalue weighted by molar-refractivity contribution is 4.82. The Bertz CT molecular complexity index is 254. The second-order valence-corrected chi connectivity index (χ2v) is 4.12. The molecular weight excluding hydrogens is 178 g/mol. The summed E-state index contributed by atoms with van der Waals surface area (Å²) in [4.78, 5) is 4.05. The highest BCUT2D eigenvalue weighted by Crippen LogP contribution is 2.22. The van der Waals surface area contributed by atoms with Gasteiger partial charge in [-0.3, -0.25) is 0 Å². The van der Waals surface area contributed by atoms with Gasteiger partial charge in [0.1, 0.15) is 0 Å². The van der Waals surface area contributed by atoms with Gasteiger partial charge in [0.15, 0.2) is 6.33 Å². The normalized spacial score (nSPS) is 24.8. The van der Waals surface area contributed by atoms with Crippen LogP contribution >= 0.6 is 0 Å². The van der Waals surface area contributed by atoms with Crippen LogP contribution in [0.2, 0.25) is 0 Å². The van der Waals surface area contributed by atoms with Crippen LogP contribution in [0.25, 0.3) is 0 Å². The average Bonchev–Trinajstić information content (AvgIpc) is 2.72. The molecule has 0 bridgehead atoms. The first kappa shape index (κ1) is 9.65. The van der Waals surface area contributed by atoms with E-state index in [-0.39, 0.29) is 0 Å². The van der Waals surface area contributed by atoms with Crippen LogP contribution in [0.3, 0.4) is 0 Å².